The standard InChI is InChI=1S/C10H5N3O3S/c14-9-8(17-10(15)11-9)4-5-1-2-6-7(3-5)13-16-12-6/h1-4H,(H,11,14,15)/b8-4-. The Balaban J connectivity index is 2.01. The molecule has 2 amide bonds. The molecule has 7 heteroatoms. The van der Waals surface area contributed by atoms with E-state index in [1.54, 1.807) is 24.3 Å². The summed E-state index contributed by atoms with van der Waals surface area (Å²) >= 11 is 0.878. The normalized spacial score (nSPS) is 18.0. The third kappa shape index (κ3) is 1.80. The molecule has 1 aliphatic rings. The number of amides is 2. The zero-order valence-electron chi connectivity index (χ0n) is 8.34. The number of imide groups is 1. The average Bonchev–Trinajstić information content (AvgIpc) is 2.85. The van der Waals surface area contributed by atoms with Gasteiger partial charge in [-0.1, -0.05) is 6.07 Å². The molecule has 84 valence electrons. The number of carbonyl (C=O) groups excluding carboxylic acids is 2. The highest BCUT2D eigenvalue weighted by molar-refractivity contribution is 8.18. The van der Waals surface area contributed by atoms with E-state index < -0.39 is 0 Å². The summed E-state index contributed by atoms with van der Waals surface area (Å²) < 4.78 is 4.57. The molecule has 1 fully saturated rings. The molecule has 2 heterocycles. The summed E-state index contributed by atoms with van der Waals surface area (Å²) in [6.07, 6.45) is 1.62. The van der Waals surface area contributed by atoms with Crippen LogP contribution in [0.4, 0.5) is 4.79 Å². The van der Waals surface area contributed by atoms with Crippen LogP contribution in [0.3, 0.4) is 0 Å². The highest BCUT2D eigenvalue weighted by atomic mass is 32.2. The molecule has 1 N–H and O–H groups in total. The second-order valence-electron chi connectivity index (χ2n) is 3.36. The van der Waals surface area contributed by atoms with Crippen molar-refractivity contribution in [3.05, 3.63) is 28.7 Å². The van der Waals surface area contributed by atoms with Gasteiger partial charge in [0.2, 0.25) is 0 Å². The lowest BCUT2D eigenvalue weighted by Gasteiger charge is -1.93. The third-order valence-corrected chi connectivity index (χ3v) is 3.03. The predicted octanol–water partition coefficient (Wildman–Crippen LogP) is 1.55. The zero-order chi connectivity index (χ0) is 11.8. The predicted molar refractivity (Wildman–Crippen MR) is 60.9 cm³/mol. The molecule has 2 aromatic rings. The Morgan fingerprint density at radius 1 is 1.24 bits per heavy atom. The van der Waals surface area contributed by atoms with E-state index in [1.165, 1.54) is 0 Å². The van der Waals surface area contributed by atoms with E-state index in [0.717, 1.165) is 17.3 Å². The van der Waals surface area contributed by atoms with Crippen LogP contribution in [-0.2, 0) is 4.79 Å². The van der Waals surface area contributed by atoms with Crippen LogP contribution in [0.5, 0.6) is 0 Å². The molecule has 0 aliphatic carbocycles. The minimum absolute atomic E-state index is 0.356. The Bertz CT molecular complexity index is 662. The fourth-order valence-electron chi connectivity index (χ4n) is 1.46. The SMILES string of the molecule is O=C1NC(=O)/C(=C/c2ccc3nonc3c2)S1. The fourth-order valence-corrected chi connectivity index (χ4v) is 2.14. The molecule has 0 spiro atoms. The van der Waals surface area contributed by atoms with Crippen molar-refractivity contribution in [3.63, 3.8) is 0 Å². The first kappa shape index (κ1) is 10.0. The van der Waals surface area contributed by atoms with Gasteiger partial charge in [-0.3, -0.25) is 14.9 Å². The Kier molecular flexibility index (Phi) is 2.19. The number of hydrogen-bond acceptors (Lipinski definition) is 6. The maximum absolute atomic E-state index is 11.3. The summed E-state index contributed by atoms with van der Waals surface area (Å²) in [6, 6.07) is 5.24. The molecule has 0 saturated carbocycles. The largest absolute Gasteiger partial charge is 0.290 e. The first-order valence-electron chi connectivity index (χ1n) is 4.69. The van der Waals surface area contributed by atoms with E-state index in [1.807, 2.05) is 0 Å². The van der Waals surface area contributed by atoms with Gasteiger partial charge in [-0.15, -0.1) is 0 Å². The lowest BCUT2D eigenvalue weighted by Crippen LogP contribution is -2.17. The van der Waals surface area contributed by atoms with Gasteiger partial charge in [-0.05, 0) is 45.8 Å². The Morgan fingerprint density at radius 2 is 2.06 bits per heavy atom. The lowest BCUT2D eigenvalue weighted by molar-refractivity contribution is -0.115. The van der Waals surface area contributed by atoms with Gasteiger partial charge in [0, 0.05) is 0 Å². The summed E-state index contributed by atoms with van der Waals surface area (Å²) in [5, 5.41) is 9.20. The topological polar surface area (TPSA) is 85.1 Å². The molecule has 1 aromatic carbocycles. The summed E-state index contributed by atoms with van der Waals surface area (Å²) in [4.78, 5) is 22.7. The number of nitrogens with one attached hydrogen (secondary N) is 1. The van der Waals surface area contributed by atoms with Crippen molar-refractivity contribution < 1.29 is 14.2 Å². The molecule has 0 atom stereocenters. The van der Waals surface area contributed by atoms with Crippen LogP contribution in [0.25, 0.3) is 17.1 Å². The van der Waals surface area contributed by atoms with Gasteiger partial charge in [0.25, 0.3) is 11.1 Å². The first-order chi connectivity index (χ1) is 8.22. The molecule has 17 heavy (non-hydrogen) atoms. The van der Waals surface area contributed by atoms with Gasteiger partial charge >= 0.3 is 0 Å². The molecule has 0 radical (unpaired) electrons. The molecule has 0 unspecified atom stereocenters. The number of aromatic nitrogens is 2. The van der Waals surface area contributed by atoms with Crippen molar-refractivity contribution in [2.75, 3.05) is 0 Å². The molecular weight excluding hydrogens is 242 g/mol. The summed E-state index contributed by atoms with van der Waals surface area (Å²) in [6.45, 7) is 0. The fraction of sp³-hybridized carbons (Fsp3) is 0. The second-order valence-corrected chi connectivity index (χ2v) is 4.38. The molecule has 0 bridgehead atoms. The zero-order valence-corrected chi connectivity index (χ0v) is 9.15. The van der Waals surface area contributed by atoms with Crippen molar-refractivity contribution in [3.8, 4) is 0 Å². The number of rotatable bonds is 1. The van der Waals surface area contributed by atoms with Gasteiger partial charge < -0.3 is 0 Å². The monoisotopic (exact) mass is 247 g/mol. The summed E-state index contributed by atoms with van der Waals surface area (Å²) in [5.41, 5.74) is 2.02. The number of nitrogens with zero attached hydrogens (tertiary/aromatic N) is 2. The van der Waals surface area contributed by atoms with Crippen LogP contribution >= 0.6 is 11.8 Å². The molecule has 1 aromatic heterocycles. The highest BCUT2D eigenvalue weighted by Gasteiger charge is 2.24. The van der Waals surface area contributed by atoms with Gasteiger partial charge in [0.1, 0.15) is 11.0 Å². The minimum atomic E-state index is -0.377. The van der Waals surface area contributed by atoms with Gasteiger partial charge in [-0.2, -0.15) is 0 Å². The third-order valence-electron chi connectivity index (χ3n) is 2.22. The molecular formula is C10H5N3O3S. The van der Waals surface area contributed by atoms with Crippen LogP contribution in [0.1, 0.15) is 5.56 Å². The van der Waals surface area contributed by atoms with E-state index in [-0.39, 0.29) is 11.1 Å². The molecule has 1 saturated heterocycles. The van der Waals surface area contributed by atoms with Crippen LogP contribution < -0.4 is 5.32 Å². The first-order valence-corrected chi connectivity index (χ1v) is 5.51. The van der Waals surface area contributed by atoms with Crippen molar-refractivity contribution in [1.82, 2.24) is 15.6 Å². The Labute approximate surface area is 99.0 Å². The van der Waals surface area contributed by atoms with Crippen molar-refractivity contribution in [2.24, 2.45) is 0 Å². The molecule has 1 aliphatic heterocycles. The number of carbonyl (C=O) groups is 2. The van der Waals surface area contributed by atoms with E-state index in [2.05, 4.69) is 20.3 Å². The van der Waals surface area contributed by atoms with Crippen molar-refractivity contribution in [1.29, 1.82) is 0 Å². The summed E-state index contributed by atoms with van der Waals surface area (Å²) in [7, 11) is 0. The highest BCUT2D eigenvalue weighted by Crippen LogP contribution is 2.26. The number of benzene rings is 1. The lowest BCUT2D eigenvalue weighted by atomic mass is 10.2. The van der Waals surface area contributed by atoms with E-state index in [0.29, 0.717) is 15.9 Å². The van der Waals surface area contributed by atoms with Crippen LogP contribution in [0.15, 0.2) is 27.7 Å². The van der Waals surface area contributed by atoms with Crippen LogP contribution in [0.2, 0.25) is 0 Å². The second kappa shape index (κ2) is 3.70. The maximum atomic E-state index is 11.3. The number of hydrogen-bond donors (Lipinski definition) is 1. The van der Waals surface area contributed by atoms with Gasteiger partial charge in [0.05, 0.1) is 4.91 Å². The number of fused-ring (bicyclic) bond motifs is 1. The van der Waals surface area contributed by atoms with Crippen LogP contribution in [-0.4, -0.2) is 21.5 Å². The maximum Gasteiger partial charge on any atom is 0.290 e. The Hall–Kier alpha value is -2.15. The van der Waals surface area contributed by atoms with Gasteiger partial charge in [-0.25, -0.2) is 4.63 Å². The Morgan fingerprint density at radius 3 is 2.82 bits per heavy atom. The molecule has 3 rings (SSSR count). The minimum Gasteiger partial charge on any atom is -0.282 e. The smallest absolute Gasteiger partial charge is 0.282 e. The summed E-state index contributed by atoms with van der Waals surface area (Å²) in [5.74, 6) is -0.377. The number of thioether (sulfide) groups is 1. The molecule has 6 nitrogen and oxygen atoms in total. The van der Waals surface area contributed by atoms with E-state index >= 15 is 0 Å². The van der Waals surface area contributed by atoms with Crippen molar-refractivity contribution in [2.45, 2.75) is 0 Å². The van der Waals surface area contributed by atoms with Crippen molar-refractivity contribution >= 4 is 40.0 Å². The van der Waals surface area contributed by atoms with E-state index in [4.69, 9.17) is 0 Å². The quantitative estimate of drug-likeness (QED) is 0.769. The average molecular weight is 247 g/mol. The van der Waals surface area contributed by atoms with Gasteiger partial charge in [0.15, 0.2) is 0 Å². The van der Waals surface area contributed by atoms with Crippen LogP contribution in [0, 0.1) is 0 Å². The van der Waals surface area contributed by atoms with E-state index in [9.17, 15) is 9.59 Å².